The molecule has 0 radical (unpaired) electrons. The summed E-state index contributed by atoms with van der Waals surface area (Å²) in [6.07, 6.45) is 0. The van der Waals surface area contributed by atoms with Gasteiger partial charge in [-0.15, -0.1) is 11.8 Å². The third-order valence-corrected chi connectivity index (χ3v) is 6.03. The quantitative estimate of drug-likeness (QED) is 0.397. The predicted octanol–water partition coefficient (Wildman–Crippen LogP) is 5.96. The van der Waals surface area contributed by atoms with Crippen LogP contribution in [0.3, 0.4) is 0 Å². The van der Waals surface area contributed by atoms with Crippen molar-refractivity contribution in [2.45, 2.75) is 24.0 Å². The van der Waals surface area contributed by atoms with Crippen molar-refractivity contribution in [1.29, 1.82) is 0 Å². The van der Waals surface area contributed by atoms with E-state index < -0.39 is 0 Å². The van der Waals surface area contributed by atoms with Gasteiger partial charge in [0.2, 0.25) is 5.91 Å². The maximum absolute atomic E-state index is 13.4. The Morgan fingerprint density at radius 2 is 1.53 bits per heavy atom. The van der Waals surface area contributed by atoms with Gasteiger partial charge in [-0.25, -0.2) is 4.68 Å². The van der Waals surface area contributed by atoms with Gasteiger partial charge in [-0.05, 0) is 43.2 Å². The van der Waals surface area contributed by atoms with Crippen molar-refractivity contribution in [3.8, 4) is 5.69 Å². The molecule has 30 heavy (non-hydrogen) atoms. The number of hydrogen-bond acceptors (Lipinski definition) is 3. The molecule has 3 aromatic carbocycles. The van der Waals surface area contributed by atoms with Crippen LogP contribution in [-0.4, -0.2) is 15.7 Å². The highest BCUT2D eigenvalue weighted by atomic mass is 32.2. The van der Waals surface area contributed by atoms with Gasteiger partial charge in [0, 0.05) is 11.0 Å². The molecule has 4 nitrogen and oxygen atoms in total. The van der Waals surface area contributed by atoms with Crippen LogP contribution in [0.5, 0.6) is 0 Å². The summed E-state index contributed by atoms with van der Waals surface area (Å²) in [5.74, 6) is 0.589. The molecule has 0 spiro atoms. The minimum Gasteiger partial charge on any atom is -0.309 e. The smallest absolute Gasteiger partial charge is 0.243 e. The monoisotopic (exact) mass is 413 g/mol. The molecule has 0 saturated carbocycles. The highest BCUT2D eigenvalue weighted by molar-refractivity contribution is 8.00. The van der Waals surface area contributed by atoms with Gasteiger partial charge in [0.1, 0.15) is 11.1 Å². The highest BCUT2D eigenvalue weighted by Crippen LogP contribution is 2.36. The van der Waals surface area contributed by atoms with E-state index in [9.17, 15) is 4.79 Å². The number of thioether (sulfide) groups is 1. The van der Waals surface area contributed by atoms with Crippen molar-refractivity contribution in [2.24, 2.45) is 0 Å². The van der Waals surface area contributed by atoms with Crippen molar-refractivity contribution in [3.05, 3.63) is 108 Å². The molecule has 0 saturated heterocycles. The van der Waals surface area contributed by atoms with Crippen LogP contribution in [0.2, 0.25) is 0 Å². The summed E-state index contributed by atoms with van der Waals surface area (Å²) in [5.41, 5.74) is 3.85. The first-order valence-corrected chi connectivity index (χ1v) is 10.7. The third kappa shape index (κ3) is 4.47. The van der Waals surface area contributed by atoms with Crippen LogP contribution in [0.4, 0.5) is 5.82 Å². The number of para-hydroxylation sites is 1. The van der Waals surface area contributed by atoms with Gasteiger partial charge in [-0.2, -0.15) is 5.10 Å². The number of benzene rings is 3. The number of carbonyl (C=O) groups is 1. The second-order valence-electron chi connectivity index (χ2n) is 7.08. The Bertz CT molecular complexity index is 1140. The molecule has 4 aromatic rings. The zero-order chi connectivity index (χ0) is 20.9. The number of aryl methyl sites for hydroxylation is 2. The lowest BCUT2D eigenvalue weighted by Gasteiger charge is -2.18. The Labute approximate surface area is 181 Å². The molecule has 1 heterocycles. The minimum atomic E-state index is -0.380. The fourth-order valence-electron chi connectivity index (χ4n) is 3.30. The van der Waals surface area contributed by atoms with Crippen molar-refractivity contribution in [2.75, 3.05) is 5.32 Å². The molecule has 1 aromatic heterocycles. The van der Waals surface area contributed by atoms with Gasteiger partial charge < -0.3 is 5.32 Å². The molecule has 4 rings (SSSR count). The fourth-order valence-corrected chi connectivity index (χ4v) is 4.35. The molecule has 0 fully saturated rings. The number of nitrogens with one attached hydrogen (secondary N) is 1. The van der Waals surface area contributed by atoms with E-state index in [1.807, 2.05) is 105 Å². The first-order chi connectivity index (χ1) is 14.6. The Kier molecular flexibility index (Phi) is 6.00. The van der Waals surface area contributed by atoms with E-state index in [1.54, 1.807) is 4.68 Å². The van der Waals surface area contributed by atoms with Crippen LogP contribution >= 0.6 is 11.8 Å². The predicted molar refractivity (Wildman–Crippen MR) is 123 cm³/mol. The normalized spacial score (nSPS) is 11.8. The SMILES string of the molecule is Cc1cc(NC(=O)[C@@H](Sc2ccccc2)c2ccccc2)n(-c2ccccc2C)n1. The lowest BCUT2D eigenvalue weighted by Crippen LogP contribution is -2.21. The molecule has 1 N–H and O–H groups in total. The molecule has 5 heteroatoms. The average molecular weight is 414 g/mol. The molecule has 0 bridgehead atoms. The summed E-state index contributed by atoms with van der Waals surface area (Å²) in [4.78, 5) is 14.5. The summed E-state index contributed by atoms with van der Waals surface area (Å²) < 4.78 is 1.80. The van der Waals surface area contributed by atoms with Crippen molar-refractivity contribution >= 4 is 23.5 Å². The summed E-state index contributed by atoms with van der Waals surface area (Å²) in [7, 11) is 0. The largest absolute Gasteiger partial charge is 0.309 e. The van der Waals surface area contributed by atoms with Gasteiger partial charge >= 0.3 is 0 Å². The number of anilines is 1. The summed E-state index contributed by atoms with van der Waals surface area (Å²) in [5, 5.41) is 7.34. The lowest BCUT2D eigenvalue weighted by atomic mass is 10.1. The van der Waals surface area contributed by atoms with E-state index in [0.717, 1.165) is 27.4 Å². The topological polar surface area (TPSA) is 46.9 Å². The van der Waals surface area contributed by atoms with E-state index in [-0.39, 0.29) is 11.2 Å². The van der Waals surface area contributed by atoms with E-state index in [1.165, 1.54) is 11.8 Å². The van der Waals surface area contributed by atoms with Gasteiger partial charge in [0.05, 0.1) is 11.4 Å². The zero-order valence-electron chi connectivity index (χ0n) is 16.9. The van der Waals surface area contributed by atoms with Gasteiger partial charge in [0.15, 0.2) is 0 Å². The van der Waals surface area contributed by atoms with Crippen LogP contribution in [0.15, 0.2) is 95.9 Å². The van der Waals surface area contributed by atoms with E-state index in [0.29, 0.717) is 5.82 Å². The molecule has 0 unspecified atom stereocenters. The molecular weight excluding hydrogens is 390 g/mol. The first-order valence-electron chi connectivity index (χ1n) is 9.82. The van der Waals surface area contributed by atoms with Crippen molar-refractivity contribution in [3.63, 3.8) is 0 Å². The zero-order valence-corrected chi connectivity index (χ0v) is 17.8. The number of rotatable bonds is 6. The number of hydrogen-bond donors (Lipinski definition) is 1. The molecule has 0 aliphatic carbocycles. The maximum atomic E-state index is 13.4. The summed E-state index contributed by atoms with van der Waals surface area (Å²) in [6.45, 7) is 3.97. The minimum absolute atomic E-state index is 0.0789. The Balaban J connectivity index is 1.66. The molecule has 1 atom stereocenters. The Morgan fingerprint density at radius 1 is 0.900 bits per heavy atom. The number of aromatic nitrogens is 2. The number of carbonyl (C=O) groups excluding carboxylic acids is 1. The van der Waals surface area contributed by atoms with Crippen LogP contribution < -0.4 is 5.32 Å². The van der Waals surface area contributed by atoms with Crippen LogP contribution in [-0.2, 0) is 4.79 Å². The standard InChI is InChI=1S/C25H23N3OS/c1-18-11-9-10-16-22(18)28-23(17-19(2)27-28)26-25(29)24(20-12-5-3-6-13-20)30-21-14-7-4-8-15-21/h3-17,24H,1-2H3,(H,26,29)/t24-/m0/s1. The van der Waals surface area contributed by atoms with E-state index >= 15 is 0 Å². The Hall–Kier alpha value is -3.31. The second kappa shape index (κ2) is 9.01. The summed E-state index contributed by atoms with van der Waals surface area (Å²) >= 11 is 1.54. The Morgan fingerprint density at radius 3 is 2.23 bits per heavy atom. The highest BCUT2D eigenvalue weighted by Gasteiger charge is 2.24. The maximum Gasteiger partial charge on any atom is 0.243 e. The third-order valence-electron chi connectivity index (χ3n) is 4.76. The van der Waals surface area contributed by atoms with Crippen molar-refractivity contribution in [1.82, 2.24) is 9.78 Å². The number of nitrogens with zero attached hydrogens (tertiary/aromatic N) is 2. The average Bonchev–Trinajstić information content (AvgIpc) is 3.13. The summed E-state index contributed by atoms with van der Waals surface area (Å²) in [6, 6.07) is 29.8. The molecular formula is C25H23N3OS. The lowest BCUT2D eigenvalue weighted by molar-refractivity contribution is -0.115. The molecule has 1 amide bonds. The van der Waals surface area contributed by atoms with Crippen molar-refractivity contribution < 1.29 is 4.79 Å². The second-order valence-corrected chi connectivity index (χ2v) is 8.26. The molecule has 0 aliphatic heterocycles. The van der Waals surface area contributed by atoms with E-state index in [2.05, 4.69) is 10.4 Å². The fraction of sp³-hybridized carbons (Fsp3) is 0.120. The number of amides is 1. The first kappa shape index (κ1) is 20.0. The molecule has 150 valence electrons. The van der Waals surface area contributed by atoms with Gasteiger partial charge in [0.25, 0.3) is 0 Å². The van der Waals surface area contributed by atoms with Crippen LogP contribution in [0, 0.1) is 13.8 Å². The molecule has 0 aliphatic rings. The van der Waals surface area contributed by atoms with Gasteiger partial charge in [-0.1, -0.05) is 66.7 Å². The van der Waals surface area contributed by atoms with E-state index in [4.69, 9.17) is 0 Å². The van der Waals surface area contributed by atoms with Crippen LogP contribution in [0.25, 0.3) is 5.69 Å². The van der Waals surface area contributed by atoms with Crippen LogP contribution in [0.1, 0.15) is 22.1 Å². The van der Waals surface area contributed by atoms with Gasteiger partial charge in [-0.3, -0.25) is 4.79 Å².